The third-order valence-electron chi connectivity index (χ3n) is 2.98. The molecule has 0 amide bonds. The van der Waals surface area contributed by atoms with Gasteiger partial charge in [0.05, 0.1) is 19.8 Å². The van der Waals surface area contributed by atoms with Crippen LogP contribution in [-0.4, -0.2) is 44.4 Å². The molecule has 3 nitrogen and oxygen atoms in total. The van der Waals surface area contributed by atoms with Crippen LogP contribution in [0, 0.1) is 6.92 Å². The van der Waals surface area contributed by atoms with Gasteiger partial charge in [-0.25, -0.2) is 0 Å². The summed E-state index contributed by atoms with van der Waals surface area (Å²) in [5.74, 6) is 0.979. The zero-order chi connectivity index (χ0) is 11.9. The molecule has 1 saturated heterocycles. The number of hydrogen-bond donors (Lipinski definition) is 0. The fourth-order valence-corrected chi connectivity index (χ4v) is 2.01. The van der Waals surface area contributed by atoms with Gasteiger partial charge in [-0.15, -0.1) is 0 Å². The van der Waals surface area contributed by atoms with E-state index < -0.39 is 0 Å². The number of nitrogens with zero attached hydrogens (tertiary/aromatic N) is 1. The first-order valence-corrected chi connectivity index (χ1v) is 6.34. The fourth-order valence-electron chi connectivity index (χ4n) is 2.01. The Hall–Kier alpha value is -1.06. The van der Waals surface area contributed by atoms with E-state index in [-0.39, 0.29) is 0 Å². The second kappa shape index (κ2) is 6.62. The molecule has 3 heteroatoms. The van der Waals surface area contributed by atoms with Crippen molar-refractivity contribution in [3.8, 4) is 5.75 Å². The molecule has 1 aliphatic heterocycles. The number of rotatable bonds is 5. The lowest BCUT2D eigenvalue weighted by Crippen LogP contribution is -2.37. The van der Waals surface area contributed by atoms with Crippen LogP contribution in [0.15, 0.2) is 24.3 Å². The second-order valence-electron chi connectivity index (χ2n) is 4.47. The molecule has 0 N–H and O–H groups in total. The lowest BCUT2D eigenvalue weighted by molar-refractivity contribution is 0.0358. The zero-order valence-corrected chi connectivity index (χ0v) is 10.5. The molecule has 1 aromatic carbocycles. The lowest BCUT2D eigenvalue weighted by Gasteiger charge is -2.26. The molecule has 0 unspecified atom stereocenters. The van der Waals surface area contributed by atoms with Crippen LogP contribution in [0.25, 0.3) is 0 Å². The molecule has 1 heterocycles. The highest BCUT2D eigenvalue weighted by Crippen LogP contribution is 2.12. The highest BCUT2D eigenvalue weighted by molar-refractivity contribution is 5.27. The number of hydrogen-bond acceptors (Lipinski definition) is 3. The smallest absolute Gasteiger partial charge is 0.119 e. The van der Waals surface area contributed by atoms with E-state index in [1.54, 1.807) is 0 Å². The molecule has 1 aliphatic rings. The van der Waals surface area contributed by atoms with E-state index in [2.05, 4.69) is 24.0 Å². The van der Waals surface area contributed by atoms with Crippen LogP contribution in [0.2, 0.25) is 0 Å². The van der Waals surface area contributed by atoms with Gasteiger partial charge in [0, 0.05) is 19.6 Å². The van der Waals surface area contributed by atoms with Crippen LogP contribution in [0.3, 0.4) is 0 Å². The summed E-state index contributed by atoms with van der Waals surface area (Å²) in [6.45, 7) is 7.85. The Morgan fingerprint density at radius 1 is 1.29 bits per heavy atom. The maximum atomic E-state index is 5.72. The molecule has 1 aromatic rings. The summed E-state index contributed by atoms with van der Waals surface area (Å²) < 4.78 is 11.0. The van der Waals surface area contributed by atoms with Gasteiger partial charge in [0.15, 0.2) is 0 Å². The van der Waals surface area contributed by atoms with Gasteiger partial charge in [0.1, 0.15) is 5.75 Å². The molecule has 17 heavy (non-hydrogen) atoms. The van der Waals surface area contributed by atoms with Crippen LogP contribution in [-0.2, 0) is 4.74 Å². The van der Waals surface area contributed by atoms with Crippen LogP contribution in [0.1, 0.15) is 12.0 Å². The highest BCUT2D eigenvalue weighted by atomic mass is 16.5. The Morgan fingerprint density at radius 2 is 2.12 bits per heavy atom. The van der Waals surface area contributed by atoms with Crippen molar-refractivity contribution in [2.75, 3.05) is 39.5 Å². The van der Waals surface area contributed by atoms with Crippen molar-refractivity contribution in [3.63, 3.8) is 0 Å². The molecule has 0 bridgehead atoms. The Labute approximate surface area is 103 Å². The summed E-state index contributed by atoms with van der Waals surface area (Å²) >= 11 is 0. The maximum Gasteiger partial charge on any atom is 0.119 e. The Morgan fingerprint density at radius 3 is 2.88 bits per heavy atom. The summed E-state index contributed by atoms with van der Waals surface area (Å²) in [6, 6.07) is 8.21. The second-order valence-corrected chi connectivity index (χ2v) is 4.47. The summed E-state index contributed by atoms with van der Waals surface area (Å²) in [5, 5.41) is 0. The highest BCUT2D eigenvalue weighted by Gasteiger charge is 2.09. The van der Waals surface area contributed by atoms with E-state index >= 15 is 0 Å². The van der Waals surface area contributed by atoms with Gasteiger partial charge in [-0.1, -0.05) is 12.1 Å². The molecule has 2 rings (SSSR count). The first kappa shape index (κ1) is 12.4. The Bertz CT molecular complexity index is 335. The average Bonchev–Trinajstić information content (AvgIpc) is 2.36. The third kappa shape index (κ3) is 4.36. The van der Waals surface area contributed by atoms with Crippen LogP contribution in [0.4, 0.5) is 0 Å². The van der Waals surface area contributed by atoms with Gasteiger partial charge in [-0.2, -0.15) is 0 Å². The van der Waals surface area contributed by atoms with Crippen LogP contribution >= 0.6 is 0 Å². The largest absolute Gasteiger partial charge is 0.494 e. The number of benzene rings is 1. The van der Waals surface area contributed by atoms with Gasteiger partial charge in [0.25, 0.3) is 0 Å². The number of morpholine rings is 1. The summed E-state index contributed by atoms with van der Waals surface area (Å²) in [7, 11) is 0. The fraction of sp³-hybridized carbons (Fsp3) is 0.571. The van der Waals surface area contributed by atoms with Crippen molar-refractivity contribution >= 4 is 0 Å². The van der Waals surface area contributed by atoms with E-state index in [0.717, 1.165) is 51.6 Å². The number of aryl methyl sites for hydroxylation is 1. The predicted octanol–water partition coefficient (Wildman–Crippen LogP) is 2.10. The molecule has 0 atom stereocenters. The average molecular weight is 235 g/mol. The van der Waals surface area contributed by atoms with E-state index in [1.165, 1.54) is 5.56 Å². The molecule has 0 aromatic heterocycles. The first-order chi connectivity index (χ1) is 8.34. The van der Waals surface area contributed by atoms with Gasteiger partial charge in [0.2, 0.25) is 0 Å². The van der Waals surface area contributed by atoms with Crippen molar-refractivity contribution < 1.29 is 9.47 Å². The monoisotopic (exact) mass is 235 g/mol. The Balaban J connectivity index is 1.62. The molecule has 0 spiro atoms. The minimum atomic E-state index is 0.792. The van der Waals surface area contributed by atoms with Crippen molar-refractivity contribution in [1.29, 1.82) is 0 Å². The van der Waals surface area contributed by atoms with Gasteiger partial charge in [-0.05, 0) is 31.0 Å². The van der Waals surface area contributed by atoms with Crippen molar-refractivity contribution in [2.45, 2.75) is 13.3 Å². The molecule has 0 aliphatic carbocycles. The van der Waals surface area contributed by atoms with Crippen LogP contribution < -0.4 is 4.74 Å². The summed E-state index contributed by atoms with van der Waals surface area (Å²) in [6.07, 6.45) is 1.08. The molecule has 1 fully saturated rings. The standard InChI is InChI=1S/C14H21NO2/c1-13-4-2-5-14(12-13)17-9-3-6-15-7-10-16-11-8-15/h2,4-5,12H,3,6-11H2,1H3. The zero-order valence-electron chi connectivity index (χ0n) is 10.5. The quantitative estimate of drug-likeness (QED) is 0.729. The molecule has 0 radical (unpaired) electrons. The summed E-state index contributed by atoms with van der Waals surface area (Å²) in [5.41, 5.74) is 1.25. The molecule has 0 saturated carbocycles. The van der Waals surface area contributed by atoms with E-state index in [0.29, 0.717) is 0 Å². The van der Waals surface area contributed by atoms with Crippen molar-refractivity contribution in [1.82, 2.24) is 4.90 Å². The third-order valence-corrected chi connectivity index (χ3v) is 2.98. The van der Waals surface area contributed by atoms with Crippen molar-refractivity contribution in [2.24, 2.45) is 0 Å². The van der Waals surface area contributed by atoms with Gasteiger partial charge < -0.3 is 9.47 Å². The van der Waals surface area contributed by atoms with Crippen LogP contribution in [0.5, 0.6) is 5.75 Å². The lowest BCUT2D eigenvalue weighted by atomic mass is 10.2. The van der Waals surface area contributed by atoms with Gasteiger partial charge in [-0.3, -0.25) is 4.90 Å². The number of ether oxygens (including phenoxy) is 2. The molecule has 94 valence electrons. The summed E-state index contributed by atoms with van der Waals surface area (Å²) in [4.78, 5) is 2.43. The van der Waals surface area contributed by atoms with E-state index in [1.807, 2.05) is 12.1 Å². The normalized spacial score (nSPS) is 17.0. The van der Waals surface area contributed by atoms with E-state index in [4.69, 9.17) is 9.47 Å². The SMILES string of the molecule is Cc1cccc(OCCCN2CCOCC2)c1. The minimum Gasteiger partial charge on any atom is -0.494 e. The molecular formula is C14H21NO2. The maximum absolute atomic E-state index is 5.72. The topological polar surface area (TPSA) is 21.7 Å². The predicted molar refractivity (Wildman–Crippen MR) is 68.6 cm³/mol. The Kier molecular flexibility index (Phi) is 4.83. The van der Waals surface area contributed by atoms with Crippen molar-refractivity contribution in [3.05, 3.63) is 29.8 Å². The molecular weight excluding hydrogens is 214 g/mol. The van der Waals surface area contributed by atoms with E-state index in [9.17, 15) is 0 Å². The first-order valence-electron chi connectivity index (χ1n) is 6.34. The minimum absolute atomic E-state index is 0.792. The van der Waals surface area contributed by atoms with Gasteiger partial charge >= 0.3 is 0 Å².